The molecule has 0 heterocycles. The molecule has 0 radical (unpaired) electrons. The minimum absolute atomic E-state index is 0.561. The van der Waals surface area contributed by atoms with Crippen LogP contribution < -0.4 is 0 Å². The van der Waals surface area contributed by atoms with Gasteiger partial charge in [0.2, 0.25) is 0 Å². The highest BCUT2D eigenvalue weighted by molar-refractivity contribution is 9.09. The first-order chi connectivity index (χ1) is 9.31. The molecule has 1 unspecified atom stereocenters. The summed E-state index contributed by atoms with van der Waals surface area (Å²) in [5.41, 5.74) is 2.97. The van der Waals surface area contributed by atoms with Gasteiger partial charge in [0.05, 0.1) is 0 Å². The lowest BCUT2D eigenvalue weighted by atomic mass is 9.91. The highest BCUT2D eigenvalue weighted by Gasteiger charge is 2.21. The van der Waals surface area contributed by atoms with Crippen molar-refractivity contribution < 1.29 is 0 Å². The van der Waals surface area contributed by atoms with Gasteiger partial charge >= 0.3 is 0 Å². The standard InChI is InChI=1S/C18H27Br/c1-2-3-8-15-11-13-17(14-12-15)18(19)16-9-6-4-5-7-10-16/h11-14,16,18H,2-10H2,1H3. The molecule has 0 saturated heterocycles. The number of rotatable bonds is 5. The van der Waals surface area contributed by atoms with Crippen molar-refractivity contribution in [2.75, 3.05) is 0 Å². The summed E-state index contributed by atoms with van der Waals surface area (Å²) in [4.78, 5) is 0.561. The summed E-state index contributed by atoms with van der Waals surface area (Å²) in [7, 11) is 0. The molecule has 1 heteroatoms. The lowest BCUT2D eigenvalue weighted by molar-refractivity contribution is 0.454. The first kappa shape index (κ1) is 15.1. The lowest BCUT2D eigenvalue weighted by Gasteiger charge is -2.21. The number of halogens is 1. The second-order valence-corrected chi connectivity index (χ2v) is 6.99. The Labute approximate surface area is 127 Å². The zero-order valence-electron chi connectivity index (χ0n) is 12.2. The van der Waals surface area contributed by atoms with Gasteiger partial charge in [-0.05, 0) is 42.7 Å². The van der Waals surface area contributed by atoms with Crippen LogP contribution in [-0.2, 0) is 6.42 Å². The van der Waals surface area contributed by atoms with Gasteiger partial charge in [0.25, 0.3) is 0 Å². The molecule has 1 aliphatic rings. The molecule has 0 aromatic heterocycles. The molecule has 0 bridgehead atoms. The average molecular weight is 323 g/mol. The number of alkyl halides is 1. The van der Waals surface area contributed by atoms with E-state index < -0.39 is 0 Å². The van der Waals surface area contributed by atoms with Gasteiger partial charge in [0.1, 0.15) is 0 Å². The Morgan fingerprint density at radius 3 is 2.26 bits per heavy atom. The summed E-state index contributed by atoms with van der Waals surface area (Å²) in [6.07, 6.45) is 12.3. The molecule has 1 saturated carbocycles. The van der Waals surface area contributed by atoms with Gasteiger partial charge in [-0.25, -0.2) is 0 Å². The fourth-order valence-electron chi connectivity index (χ4n) is 3.12. The molecule has 1 atom stereocenters. The van der Waals surface area contributed by atoms with E-state index in [1.807, 2.05) is 0 Å². The van der Waals surface area contributed by atoms with Crippen LogP contribution in [-0.4, -0.2) is 0 Å². The zero-order chi connectivity index (χ0) is 13.5. The largest absolute Gasteiger partial charge is 0.0836 e. The van der Waals surface area contributed by atoms with Gasteiger partial charge in [-0.15, -0.1) is 0 Å². The molecule has 1 aromatic carbocycles. The minimum Gasteiger partial charge on any atom is -0.0836 e. The average Bonchev–Trinajstić information content (AvgIpc) is 2.74. The SMILES string of the molecule is CCCCc1ccc(C(Br)C2CCCCCC2)cc1. The van der Waals surface area contributed by atoms with Crippen LogP contribution in [0.3, 0.4) is 0 Å². The van der Waals surface area contributed by atoms with E-state index in [4.69, 9.17) is 0 Å². The first-order valence-electron chi connectivity index (χ1n) is 8.04. The highest BCUT2D eigenvalue weighted by Crippen LogP contribution is 2.39. The number of unbranched alkanes of at least 4 members (excludes halogenated alkanes) is 1. The van der Waals surface area contributed by atoms with Crippen LogP contribution in [0.5, 0.6) is 0 Å². The maximum absolute atomic E-state index is 3.96. The van der Waals surface area contributed by atoms with E-state index in [1.165, 1.54) is 68.9 Å². The maximum Gasteiger partial charge on any atom is 0.0423 e. The molecule has 106 valence electrons. The Bertz CT molecular complexity index is 346. The van der Waals surface area contributed by atoms with Crippen molar-refractivity contribution >= 4 is 15.9 Å². The fourth-order valence-corrected chi connectivity index (χ4v) is 3.96. The summed E-state index contributed by atoms with van der Waals surface area (Å²) in [5.74, 6) is 0.837. The number of hydrogen-bond donors (Lipinski definition) is 0. The van der Waals surface area contributed by atoms with E-state index >= 15 is 0 Å². The second kappa shape index (κ2) is 8.09. The third-order valence-corrected chi connectivity index (χ3v) is 5.71. The normalized spacial score (nSPS) is 19.1. The van der Waals surface area contributed by atoms with Gasteiger partial charge in [-0.2, -0.15) is 0 Å². The Hall–Kier alpha value is -0.300. The van der Waals surface area contributed by atoms with Crippen LogP contribution >= 0.6 is 15.9 Å². The minimum atomic E-state index is 0.561. The fraction of sp³-hybridized carbons (Fsp3) is 0.667. The van der Waals surface area contributed by atoms with Crippen molar-refractivity contribution in [3.63, 3.8) is 0 Å². The first-order valence-corrected chi connectivity index (χ1v) is 8.95. The van der Waals surface area contributed by atoms with Crippen molar-refractivity contribution in [1.82, 2.24) is 0 Å². The van der Waals surface area contributed by atoms with E-state index in [0.717, 1.165) is 5.92 Å². The molecule has 1 aliphatic carbocycles. The van der Waals surface area contributed by atoms with Crippen molar-refractivity contribution in [2.45, 2.75) is 69.5 Å². The topological polar surface area (TPSA) is 0 Å². The molecule has 1 aromatic rings. The second-order valence-electron chi connectivity index (χ2n) is 6.00. The van der Waals surface area contributed by atoms with E-state index in [9.17, 15) is 0 Å². The van der Waals surface area contributed by atoms with Crippen LogP contribution in [0.2, 0.25) is 0 Å². The Morgan fingerprint density at radius 2 is 1.68 bits per heavy atom. The Morgan fingerprint density at radius 1 is 1.05 bits per heavy atom. The maximum atomic E-state index is 3.96. The van der Waals surface area contributed by atoms with Gasteiger partial charge in [0.15, 0.2) is 0 Å². The van der Waals surface area contributed by atoms with Crippen molar-refractivity contribution in [2.24, 2.45) is 5.92 Å². The quantitative estimate of drug-likeness (QED) is 0.432. The molecule has 19 heavy (non-hydrogen) atoms. The van der Waals surface area contributed by atoms with E-state index in [2.05, 4.69) is 47.1 Å². The van der Waals surface area contributed by atoms with Crippen LogP contribution in [0.15, 0.2) is 24.3 Å². The summed E-state index contributed by atoms with van der Waals surface area (Å²) in [5, 5.41) is 0. The van der Waals surface area contributed by atoms with Crippen LogP contribution in [0.4, 0.5) is 0 Å². The smallest absolute Gasteiger partial charge is 0.0423 e. The number of benzene rings is 1. The van der Waals surface area contributed by atoms with Crippen molar-refractivity contribution in [3.05, 3.63) is 35.4 Å². The molecule has 2 rings (SSSR count). The van der Waals surface area contributed by atoms with Crippen molar-refractivity contribution in [1.29, 1.82) is 0 Å². The molecular weight excluding hydrogens is 296 g/mol. The van der Waals surface area contributed by atoms with Crippen LogP contribution in [0.1, 0.15) is 74.2 Å². The molecule has 0 aliphatic heterocycles. The van der Waals surface area contributed by atoms with Crippen molar-refractivity contribution in [3.8, 4) is 0 Å². The Kier molecular flexibility index (Phi) is 6.43. The van der Waals surface area contributed by atoms with E-state index in [-0.39, 0.29) is 0 Å². The molecule has 0 nitrogen and oxygen atoms in total. The molecule has 1 fully saturated rings. The lowest BCUT2D eigenvalue weighted by Crippen LogP contribution is -2.06. The Balaban J connectivity index is 1.95. The molecule has 0 spiro atoms. The van der Waals surface area contributed by atoms with Gasteiger partial charge in [-0.3, -0.25) is 0 Å². The number of hydrogen-bond acceptors (Lipinski definition) is 0. The molecule has 0 N–H and O–H groups in total. The summed E-state index contributed by atoms with van der Waals surface area (Å²) in [6.45, 7) is 2.26. The number of aryl methyl sites for hydroxylation is 1. The van der Waals surface area contributed by atoms with E-state index in [1.54, 1.807) is 0 Å². The molecular formula is C18H27Br. The summed E-state index contributed by atoms with van der Waals surface area (Å²) < 4.78 is 0. The third-order valence-electron chi connectivity index (χ3n) is 4.43. The molecule has 0 amide bonds. The zero-order valence-corrected chi connectivity index (χ0v) is 13.8. The predicted octanol–water partition coefficient (Wildman–Crippen LogP) is 6.44. The van der Waals surface area contributed by atoms with Crippen LogP contribution in [0, 0.1) is 5.92 Å². The van der Waals surface area contributed by atoms with Gasteiger partial charge in [0, 0.05) is 4.83 Å². The summed E-state index contributed by atoms with van der Waals surface area (Å²) >= 11 is 3.96. The highest BCUT2D eigenvalue weighted by atomic mass is 79.9. The van der Waals surface area contributed by atoms with Gasteiger partial charge < -0.3 is 0 Å². The third kappa shape index (κ3) is 4.63. The van der Waals surface area contributed by atoms with Gasteiger partial charge in [-0.1, -0.05) is 79.2 Å². The van der Waals surface area contributed by atoms with Crippen LogP contribution in [0.25, 0.3) is 0 Å². The monoisotopic (exact) mass is 322 g/mol. The summed E-state index contributed by atoms with van der Waals surface area (Å²) in [6, 6.07) is 9.34. The van der Waals surface area contributed by atoms with E-state index in [0.29, 0.717) is 4.83 Å². The predicted molar refractivity (Wildman–Crippen MR) is 87.9 cm³/mol.